The van der Waals surface area contributed by atoms with Gasteiger partial charge < -0.3 is 9.80 Å². The zero-order chi connectivity index (χ0) is 17.2. The van der Waals surface area contributed by atoms with Crippen molar-refractivity contribution in [1.29, 1.82) is 5.26 Å². The smallest absolute Gasteiger partial charge is 0.264 e. The lowest BCUT2D eigenvalue weighted by Crippen LogP contribution is -2.49. The van der Waals surface area contributed by atoms with Crippen LogP contribution in [-0.4, -0.2) is 42.0 Å². The average Bonchev–Trinajstić information content (AvgIpc) is 3.21. The van der Waals surface area contributed by atoms with Gasteiger partial charge >= 0.3 is 0 Å². The molecule has 1 amide bonds. The van der Waals surface area contributed by atoms with Gasteiger partial charge in [0, 0.05) is 31.6 Å². The molecule has 25 heavy (non-hydrogen) atoms. The van der Waals surface area contributed by atoms with Gasteiger partial charge in [0.1, 0.15) is 11.9 Å². The quantitative estimate of drug-likeness (QED) is 0.714. The van der Waals surface area contributed by atoms with Crippen LogP contribution >= 0.6 is 11.3 Å². The van der Waals surface area contributed by atoms with E-state index in [9.17, 15) is 10.1 Å². The molecule has 1 fully saturated rings. The lowest BCUT2D eigenvalue weighted by atomic mass is 10.1. The number of anilines is 1. The summed E-state index contributed by atoms with van der Waals surface area (Å²) >= 11 is 1.47. The second-order valence-corrected chi connectivity index (χ2v) is 6.87. The third-order valence-electron chi connectivity index (χ3n) is 4.42. The van der Waals surface area contributed by atoms with Crippen LogP contribution in [0.25, 0.3) is 10.9 Å². The van der Waals surface area contributed by atoms with Crippen molar-refractivity contribution in [3.8, 4) is 6.07 Å². The Bertz CT molecular complexity index is 953. The predicted octanol–water partition coefficient (Wildman–Crippen LogP) is 3.13. The second kappa shape index (κ2) is 6.54. The minimum Gasteiger partial charge on any atom is -0.352 e. The van der Waals surface area contributed by atoms with E-state index in [0.29, 0.717) is 37.6 Å². The summed E-state index contributed by atoms with van der Waals surface area (Å²) in [7, 11) is 0. The predicted molar refractivity (Wildman–Crippen MR) is 98.9 cm³/mol. The number of carbonyl (C=O) groups excluding carboxylic acids is 1. The molecule has 0 spiro atoms. The molecule has 0 atom stereocenters. The van der Waals surface area contributed by atoms with E-state index >= 15 is 0 Å². The first-order valence-corrected chi connectivity index (χ1v) is 9.02. The number of hydrogen-bond acceptors (Lipinski definition) is 5. The third-order valence-corrected chi connectivity index (χ3v) is 5.28. The molecule has 1 aliphatic heterocycles. The van der Waals surface area contributed by atoms with Crippen molar-refractivity contribution in [2.45, 2.75) is 0 Å². The van der Waals surface area contributed by atoms with Crippen LogP contribution in [0.15, 0.2) is 47.8 Å². The van der Waals surface area contributed by atoms with E-state index in [-0.39, 0.29) is 5.91 Å². The van der Waals surface area contributed by atoms with Gasteiger partial charge in [0.2, 0.25) is 0 Å². The standard InChI is InChI=1S/C19H16N4OS/c20-13-15-12-14-4-1-2-5-16(14)21-18(15)22-7-9-23(10-8-22)19(24)17-6-3-11-25-17/h1-6,11-12H,7-10H2. The number of para-hydroxylation sites is 1. The van der Waals surface area contributed by atoms with Crippen LogP contribution in [0.1, 0.15) is 15.2 Å². The van der Waals surface area contributed by atoms with E-state index in [1.54, 1.807) is 0 Å². The van der Waals surface area contributed by atoms with Crippen molar-refractivity contribution >= 4 is 34.0 Å². The van der Waals surface area contributed by atoms with Crippen LogP contribution in [0, 0.1) is 11.3 Å². The van der Waals surface area contributed by atoms with Crippen LogP contribution in [0.4, 0.5) is 5.82 Å². The van der Waals surface area contributed by atoms with Crippen molar-refractivity contribution in [2.75, 3.05) is 31.1 Å². The first kappa shape index (κ1) is 15.6. The summed E-state index contributed by atoms with van der Waals surface area (Å²) in [5, 5.41) is 12.4. The number of nitrogens with zero attached hydrogens (tertiary/aromatic N) is 4. The minimum atomic E-state index is 0.0848. The maximum atomic E-state index is 12.5. The number of nitriles is 1. The van der Waals surface area contributed by atoms with Crippen molar-refractivity contribution in [3.63, 3.8) is 0 Å². The third kappa shape index (κ3) is 2.94. The largest absolute Gasteiger partial charge is 0.352 e. The SMILES string of the molecule is N#Cc1cc2ccccc2nc1N1CCN(C(=O)c2cccs2)CC1. The maximum Gasteiger partial charge on any atom is 0.264 e. The summed E-state index contributed by atoms with van der Waals surface area (Å²) in [6, 6.07) is 15.7. The molecule has 124 valence electrons. The normalized spacial score (nSPS) is 14.5. The van der Waals surface area contributed by atoms with E-state index in [1.165, 1.54) is 11.3 Å². The van der Waals surface area contributed by atoms with E-state index in [2.05, 4.69) is 11.0 Å². The Hall–Kier alpha value is -2.91. The number of aromatic nitrogens is 1. The molecule has 5 nitrogen and oxygen atoms in total. The molecule has 0 radical (unpaired) electrons. The summed E-state index contributed by atoms with van der Waals surface area (Å²) in [5.74, 6) is 0.797. The molecule has 0 unspecified atom stereocenters. The number of pyridine rings is 1. The van der Waals surface area contributed by atoms with E-state index in [1.807, 2.05) is 52.7 Å². The highest BCUT2D eigenvalue weighted by molar-refractivity contribution is 7.12. The Labute approximate surface area is 149 Å². The molecule has 0 N–H and O–H groups in total. The molecule has 3 aromatic rings. The van der Waals surface area contributed by atoms with Gasteiger partial charge in [-0.05, 0) is 23.6 Å². The van der Waals surface area contributed by atoms with Crippen molar-refractivity contribution in [3.05, 3.63) is 58.3 Å². The molecule has 1 aliphatic rings. The number of benzene rings is 1. The molecule has 0 bridgehead atoms. The topological polar surface area (TPSA) is 60.2 Å². The summed E-state index contributed by atoms with van der Waals surface area (Å²) in [5.41, 5.74) is 1.46. The first-order valence-electron chi connectivity index (χ1n) is 8.14. The number of thiophene rings is 1. The zero-order valence-electron chi connectivity index (χ0n) is 13.6. The van der Waals surface area contributed by atoms with Gasteiger partial charge in [-0.1, -0.05) is 24.3 Å². The number of piperazine rings is 1. The Morgan fingerprint density at radius 2 is 1.92 bits per heavy atom. The first-order chi connectivity index (χ1) is 12.3. The molecule has 1 saturated heterocycles. The molecule has 0 aliphatic carbocycles. The Balaban J connectivity index is 1.55. The fourth-order valence-corrected chi connectivity index (χ4v) is 3.80. The van der Waals surface area contributed by atoms with Crippen molar-refractivity contribution < 1.29 is 4.79 Å². The zero-order valence-corrected chi connectivity index (χ0v) is 14.4. The van der Waals surface area contributed by atoms with Gasteiger partial charge in [-0.15, -0.1) is 11.3 Å². The van der Waals surface area contributed by atoms with Crippen LogP contribution in [0.2, 0.25) is 0 Å². The number of carbonyl (C=O) groups is 1. The fraction of sp³-hybridized carbons (Fsp3) is 0.211. The lowest BCUT2D eigenvalue weighted by Gasteiger charge is -2.35. The van der Waals surface area contributed by atoms with Gasteiger partial charge in [-0.25, -0.2) is 4.98 Å². The van der Waals surface area contributed by atoms with Gasteiger partial charge in [0.05, 0.1) is 16.0 Å². The molecule has 3 heterocycles. The highest BCUT2D eigenvalue weighted by atomic mass is 32.1. The molecule has 0 saturated carbocycles. The van der Waals surface area contributed by atoms with Gasteiger partial charge in [-0.2, -0.15) is 5.26 Å². The molecular formula is C19H16N4OS. The van der Waals surface area contributed by atoms with Crippen molar-refractivity contribution in [2.24, 2.45) is 0 Å². The van der Waals surface area contributed by atoms with E-state index in [0.717, 1.165) is 15.8 Å². The van der Waals surface area contributed by atoms with E-state index < -0.39 is 0 Å². The second-order valence-electron chi connectivity index (χ2n) is 5.92. The van der Waals surface area contributed by atoms with Crippen LogP contribution in [-0.2, 0) is 0 Å². The summed E-state index contributed by atoms with van der Waals surface area (Å²) < 4.78 is 0. The molecule has 2 aromatic heterocycles. The highest BCUT2D eigenvalue weighted by Crippen LogP contribution is 2.24. The van der Waals surface area contributed by atoms with Crippen molar-refractivity contribution in [1.82, 2.24) is 9.88 Å². The Kier molecular flexibility index (Phi) is 4.08. The van der Waals surface area contributed by atoms with Crippen LogP contribution in [0.3, 0.4) is 0 Å². The maximum absolute atomic E-state index is 12.5. The fourth-order valence-electron chi connectivity index (χ4n) is 3.11. The minimum absolute atomic E-state index is 0.0848. The summed E-state index contributed by atoms with van der Waals surface area (Å²) in [4.78, 5) is 21.9. The summed E-state index contributed by atoms with van der Waals surface area (Å²) in [6.07, 6.45) is 0. The van der Waals surface area contributed by atoms with Crippen LogP contribution < -0.4 is 4.90 Å². The molecular weight excluding hydrogens is 332 g/mol. The lowest BCUT2D eigenvalue weighted by molar-refractivity contribution is 0.0751. The highest BCUT2D eigenvalue weighted by Gasteiger charge is 2.25. The molecule has 4 rings (SSSR count). The Morgan fingerprint density at radius 1 is 1.12 bits per heavy atom. The number of hydrogen-bond donors (Lipinski definition) is 0. The molecule has 6 heteroatoms. The van der Waals surface area contributed by atoms with Crippen LogP contribution in [0.5, 0.6) is 0 Å². The number of amides is 1. The van der Waals surface area contributed by atoms with Gasteiger partial charge in [-0.3, -0.25) is 4.79 Å². The number of fused-ring (bicyclic) bond motifs is 1. The molecule has 1 aromatic carbocycles. The van der Waals surface area contributed by atoms with Gasteiger partial charge in [0.25, 0.3) is 5.91 Å². The summed E-state index contributed by atoms with van der Waals surface area (Å²) in [6.45, 7) is 2.63. The average molecular weight is 348 g/mol. The van der Waals surface area contributed by atoms with E-state index in [4.69, 9.17) is 4.98 Å². The van der Waals surface area contributed by atoms with Gasteiger partial charge in [0.15, 0.2) is 0 Å². The Morgan fingerprint density at radius 3 is 2.64 bits per heavy atom. The number of rotatable bonds is 2. The monoisotopic (exact) mass is 348 g/mol.